The van der Waals surface area contributed by atoms with E-state index in [9.17, 15) is 4.39 Å². The fourth-order valence-corrected chi connectivity index (χ4v) is 2.05. The molecule has 0 fully saturated rings. The first kappa shape index (κ1) is 14.2. The SMILES string of the molecule is COc1cccc(CNc2ccc(C)cc2F)c1OC. The summed E-state index contributed by atoms with van der Waals surface area (Å²) in [6.45, 7) is 2.32. The van der Waals surface area contributed by atoms with Crippen molar-refractivity contribution >= 4 is 5.69 Å². The predicted octanol–water partition coefficient (Wildman–Crippen LogP) is 3.76. The number of nitrogens with one attached hydrogen (secondary N) is 1. The smallest absolute Gasteiger partial charge is 0.165 e. The van der Waals surface area contributed by atoms with Gasteiger partial charge in [-0.3, -0.25) is 0 Å². The summed E-state index contributed by atoms with van der Waals surface area (Å²) < 4.78 is 24.4. The van der Waals surface area contributed by atoms with E-state index in [1.54, 1.807) is 20.3 Å². The standard InChI is InChI=1S/C16H18FNO2/c1-11-7-8-14(13(17)9-11)18-10-12-5-4-6-15(19-2)16(12)20-3/h4-9,18H,10H2,1-3H3. The van der Waals surface area contributed by atoms with Crippen molar-refractivity contribution in [2.75, 3.05) is 19.5 Å². The van der Waals surface area contributed by atoms with Crippen LogP contribution in [0.5, 0.6) is 11.5 Å². The third-order valence-electron chi connectivity index (χ3n) is 3.08. The number of hydrogen-bond donors (Lipinski definition) is 1. The van der Waals surface area contributed by atoms with Crippen molar-refractivity contribution in [1.29, 1.82) is 0 Å². The molecule has 106 valence electrons. The van der Waals surface area contributed by atoms with Crippen molar-refractivity contribution in [1.82, 2.24) is 0 Å². The molecule has 0 aliphatic carbocycles. The monoisotopic (exact) mass is 275 g/mol. The number of methoxy groups -OCH3 is 2. The Hall–Kier alpha value is -2.23. The van der Waals surface area contributed by atoms with Gasteiger partial charge in [-0.2, -0.15) is 0 Å². The maximum Gasteiger partial charge on any atom is 0.165 e. The summed E-state index contributed by atoms with van der Waals surface area (Å²) in [4.78, 5) is 0. The Morgan fingerprint density at radius 2 is 1.90 bits per heavy atom. The van der Waals surface area contributed by atoms with Gasteiger partial charge >= 0.3 is 0 Å². The molecule has 0 radical (unpaired) electrons. The molecule has 0 saturated heterocycles. The summed E-state index contributed by atoms with van der Waals surface area (Å²) in [5, 5.41) is 3.07. The van der Waals surface area contributed by atoms with Crippen LogP contribution in [-0.4, -0.2) is 14.2 Å². The van der Waals surface area contributed by atoms with Crippen LogP contribution in [-0.2, 0) is 6.54 Å². The summed E-state index contributed by atoms with van der Waals surface area (Å²) in [5.74, 6) is 1.07. The number of ether oxygens (including phenoxy) is 2. The van der Waals surface area contributed by atoms with Gasteiger partial charge in [-0.05, 0) is 30.7 Å². The summed E-state index contributed by atoms with van der Waals surface area (Å²) in [5.41, 5.74) is 2.28. The van der Waals surface area contributed by atoms with Crippen LogP contribution in [0.1, 0.15) is 11.1 Å². The zero-order valence-electron chi connectivity index (χ0n) is 11.9. The molecular weight excluding hydrogens is 257 g/mol. The van der Waals surface area contributed by atoms with E-state index in [2.05, 4.69) is 5.32 Å². The Labute approximate surface area is 118 Å². The van der Waals surface area contributed by atoms with E-state index in [-0.39, 0.29) is 5.82 Å². The lowest BCUT2D eigenvalue weighted by atomic mass is 10.1. The van der Waals surface area contributed by atoms with Crippen molar-refractivity contribution in [2.45, 2.75) is 13.5 Å². The predicted molar refractivity (Wildman–Crippen MR) is 78.0 cm³/mol. The molecule has 0 amide bonds. The second-order valence-electron chi connectivity index (χ2n) is 4.49. The highest BCUT2D eigenvalue weighted by Gasteiger charge is 2.10. The minimum Gasteiger partial charge on any atom is -0.493 e. The van der Waals surface area contributed by atoms with Crippen molar-refractivity contribution in [2.24, 2.45) is 0 Å². The summed E-state index contributed by atoms with van der Waals surface area (Å²) in [6.07, 6.45) is 0. The van der Waals surface area contributed by atoms with Gasteiger partial charge in [0, 0.05) is 12.1 Å². The molecule has 0 aliphatic rings. The van der Waals surface area contributed by atoms with Gasteiger partial charge in [-0.15, -0.1) is 0 Å². The third-order valence-corrected chi connectivity index (χ3v) is 3.08. The first-order valence-corrected chi connectivity index (χ1v) is 6.35. The average molecular weight is 275 g/mol. The van der Waals surface area contributed by atoms with Gasteiger partial charge in [0.25, 0.3) is 0 Å². The van der Waals surface area contributed by atoms with Gasteiger partial charge in [0.2, 0.25) is 0 Å². The van der Waals surface area contributed by atoms with Crippen molar-refractivity contribution in [3.63, 3.8) is 0 Å². The molecule has 0 unspecified atom stereocenters. The van der Waals surface area contributed by atoms with E-state index in [4.69, 9.17) is 9.47 Å². The molecule has 0 heterocycles. The number of rotatable bonds is 5. The number of aryl methyl sites for hydroxylation is 1. The first-order valence-electron chi connectivity index (χ1n) is 6.35. The molecular formula is C16H18FNO2. The second-order valence-corrected chi connectivity index (χ2v) is 4.49. The van der Waals surface area contributed by atoms with Gasteiger partial charge in [-0.1, -0.05) is 18.2 Å². The molecule has 3 nitrogen and oxygen atoms in total. The second kappa shape index (κ2) is 6.28. The molecule has 2 aromatic carbocycles. The zero-order chi connectivity index (χ0) is 14.5. The van der Waals surface area contributed by atoms with E-state index in [1.165, 1.54) is 6.07 Å². The fourth-order valence-electron chi connectivity index (χ4n) is 2.05. The maximum atomic E-state index is 13.8. The highest BCUT2D eigenvalue weighted by atomic mass is 19.1. The molecule has 2 aromatic rings. The Morgan fingerprint density at radius 1 is 1.10 bits per heavy atom. The van der Waals surface area contributed by atoms with Crippen LogP contribution >= 0.6 is 0 Å². The molecule has 20 heavy (non-hydrogen) atoms. The molecule has 0 spiro atoms. The third kappa shape index (κ3) is 3.02. The van der Waals surface area contributed by atoms with Crippen molar-refractivity contribution in [3.8, 4) is 11.5 Å². The van der Waals surface area contributed by atoms with Gasteiger partial charge < -0.3 is 14.8 Å². The highest BCUT2D eigenvalue weighted by Crippen LogP contribution is 2.31. The molecule has 0 aliphatic heterocycles. The lowest BCUT2D eigenvalue weighted by Gasteiger charge is -2.14. The Balaban J connectivity index is 2.18. The number of para-hydroxylation sites is 1. The van der Waals surface area contributed by atoms with Gasteiger partial charge in [0.1, 0.15) is 5.82 Å². The van der Waals surface area contributed by atoms with Crippen LogP contribution < -0.4 is 14.8 Å². The Bertz CT molecular complexity index is 599. The molecule has 0 atom stereocenters. The van der Waals surface area contributed by atoms with Crippen molar-refractivity contribution < 1.29 is 13.9 Å². The number of halogens is 1. The van der Waals surface area contributed by atoms with Crippen LogP contribution in [0.3, 0.4) is 0 Å². The quantitative estimate of drug-likeness (QED) is 0.901. The summed E-state index contributed by atoms with van der Waals surface area (Å²) >= 11 is 0. The van der Waals surface area contributed by atoms with E-state index in [0.717, 1.165) is 11.1 Å². The lowest BCUT2D eigenvalue weighted by Crippen LogP contribution is -2.04. The molecule has 2 rings (SSSR count). The van der Waals surface area contributed by atoms with E-state index in [0.29, 0.717) is 23.7 Å². The highest BCUT2D eigenvalue weighted by molar-refractivity contribution is 5.51. The lowest BCUT2D eigenvalue weighted by molar-refractivity contribution is 0.352. The minimum atomic E-state index is -0.258. The first-order chi connectivity index (χ1) is 9.65. The van der Waals surface area contributed by atoms with Gasteiger partial charge in [0.15, 0.2) is 11.5 Å². The van der Waals surface area contributed by atoms with Gasteiger partial charge in [0.05, 0.1) is 19.9 Å². The largest absolute Gasteiger partial charge is 0.493 e. The van der Waals surface area contributed by atoms with Crippen molar-refractivity contribution in [3.05, 3.63) is 53.3 Å². The molecule has 0 saturated carbocycles. The van der Waals surface area contributed by atoms with Crippen LogP contribution in [0.25, 0.3) is 0 Å². The van der Waals surface area contributed by atoms with Gasteiger partial charge in [-0.25, -0.2) is 4.39 Å². The minimum absolute atomic E-state index is 0.258. The van der Waals surface area contributed by atoms with E-state index in [1.807, 2.05) is 31.2 Å². The van der Waals surface area contributed by atoms with Crippen LogP contribution in [0.15, 0.2) is 36.4 Å². The molecule has 4 heteroatoms. The summed E-state index contributed by atoms with van der Waals surface area (Å²) in [6, 6.07) is 10.7. The summed E-state index contributed by atoms with van der Waals surface area (Å²) in [7, 11) is 3.18. The number of anilines is 1. The fraction of sp³-hybridized carbons (Fsp3) is 0.250. The van der Waals surface area contributed by atoms with Crippen LogP contribution in [0.2, 0.25) is 0 Å². The normalized spacial score (nSPS) is 10.2. The average Bonchev–Trinajstić information content (AvgIpc) is 2.45. The zero-order valence-corrected chi connectivity index (χ0v) is 11.9. The topological polar surface area (TPSA) is 30.5 Å². The molecule has 1 N–H and O–H groups in total. The molecule has 0 bridgehead atoms. The maximum absolute atomic E-state index is 13.8. The number of hydrogen-bond acceptors (Lipinski definition) is 3. The van der Waals surface area contributed by atoms with E-state index >= 15 is 0 Å². The molecule has 0 aromatic heterocycles. The van der Waals surface area contributed by atoms with Crippen LogP contribution in [0.4, 0.5) is 10.1 Å². The Kier molecular flexibility index (Phi) is 4.45. The van der Waals surface area contributed by atoms with Crippen LogP contribution in [0, 0.1) is 12.7 Å². The number of benzene rings is 2. The Morgan fingerprint density at radius 3 is 2.55 bits per heavy atom. The van der Waals surface area contributed by atoms with E-state index < -0.39 is 0 Å².